The molecule has 2 heterocycles. The highest BCUT2D eigenvalue weighted by Crippen LogP contribution is 2.32. The van der Waals surface area contributed by atoms with Crippen LogP contribution in [0.15, 0.2) is 65.7 Å². The number of aliphatic imine (C=N–C) groups is 1. The lowest BCUT2D eigenvalue weighted by Gasteiger charge is -2.14. The summed E-state index contributed by atoms with van der Waals surface area (Å²) in [6.07, 6.45) is 0.718. The van der Waals surface area contributed by atoms with Crippen molar-refractivity contribution in [2.75, 3.05) is 17.3 Å². The topological polar surface area (TPSA) is 61.8 Å². The van der Waals surface area contributed by atoms with E-state index < -0.39 is 11.9 Å². The fourth-order valence-corrected chi connectivity index (χ4v) is 4.25. The number of carbonyl (C=O) groups excluding carboxylic acids is 2. The normalized spacial score (nSPS) is 17.4. The first-order valence-corrected chi connectivity index (χ1v) is 10.6. The monoisotopic (exact) mass is 447 g/mol. The van der Waals surface area contributed by atoms with Crippen molar-refractivity contribution in [1.29, 1.82) is 0 Å². The number of likely N-dealkylation sites (N-methyl/N-ethyl adjacent to an activating group) is 1. The summed E-state index contributed by atoms with van der Waals surface area (Å²) in [4.78, 5) is 31.5. The number of rotatable bonds is 3. The Kier molecular flexibility index (Phi) is 5.02. The van der Waals surface area contributed by atoms with Crippen LogP contribution < -0.4 is 10.2 Å². The zero-order valence-electron chi connectivity index (χ0n) is 17.2. The van der Waals surface area contributed by atoms with Gasteiger partial charge in [-0.1, -0.05) is 35.9 Å². The van der Waals surface area contributed by atoms with Gasteiger partial charge in [-0.2, -0.15) is 0 Å². The van der Waals surface area contributed by atoms with Gasteiger partial charge in [0.05, 0.1) is 17.8 Å². The van der Waals surface area contributed by atoms with E-state index in [4.69, 9.17) is 16.6 Å². The molecular weight excluding hydrogens is 429 g/mol. The largest absolute Gasteiger partial charge is 0.324 e. The number of halogens is 2. The van der Waals surface area contributed by atoms with Crippen LogP contribution in [0.4, 0.5) is 15.8 Å². The first kappa shape index (κ1) is 20.4. The fourth-order valence-electron chi connectivity index (χ4n) is 4.12. The summed E-state index contributed by atoms with van der Waals surface area (Å²) in [5.41, 5.74) is 4.87. The van der Waals surface area contributed by atoms with Crippen LogP contribution in [0.2, 0.25) is 5.02 Å². The van der Waals surface area contributed by atoms with E-state index in [1.807, 2.05) is 30.3 Å². The molecule has 0 bridgehead atoms. The molecule has 0 fully saturated rings. The van der Waals surface area contributed by atoms with Crippen molar-refractivity contribution >= 4 is 40.5 Å². The van der Waals surface area contributed by atoms with Crippen molar-refractivity contribution in [2.45, 2.75) is 18.9 Å². The lowest BCUT2D eigenvalue weighted by molar-refractivity contribution is -0.118. The van der Waals surface area contributed by atoms with E-state index in [2.05, 4.69) is 5.32 Å². The van der Waals surface area contributed by atoms with Crippen molar-refractivity contribution in [3.8, 4) is 0 Å². The second kappa shape index (κ2) is 7.88. The van der Waals surface area contributed by atoms with Crippen molar-refractivity contribution in [3.05, 3.63) is 93.8 Å². The molecule has 1 N–H and O–H groups in total. The fraction of sp³-hybridized carbons (Fsp3) is 0.160. The quantitative estimate of drug-likeness (QED) is 0.647. The molecule has 0 saturated carbocycles. The Labute approximate surface area is 189 Å². The number of fused-ring (bicyclic) bond motifs is 2. The summed E-state index contributed by atoms with van der Waals surface area (Å²) in [7, 11) is 1.73. The molecule has 2 amide bonds. The number of amides is 2. The summed E-state index contributed by atoms with van der Waals surface area (Å²) in [6, 6.07) is 16.4. The molecule has 0 aromatic heterocycles. The van der Waals surface area contributed by atoms with Crippen LogP contribution in [0.1, 0.15) is 22.3 Å². The number of carbonyl (C=O) groups is 2. The average Bonchev–Trinajstić information content (AvgIpc) is 2.98. The smallest absolute Gasteiger partial charge is 0.249 e. The molecule has 7 heteroatoms. The highest BCUT2D eigenvalue weighted by molar-refractivity contribution is 6.30. The Morgan fingerprint density at radius 3 is 2.66 bits per heavy atom. The average molecular weight is 448 g/mol. The molecule has 1 unspecified atom stereocenters. The Bertz CT molecular complexity index is 1290. The van der Waals surface area contributed by atoms with E-state index in [1.165, 1.54) is 12.1 Å². The number of anilines is 2. The maximum atomic E-state index is 14.2. The third kappa shape index (κ3) is 3.67. The summed E-state index contributed by atoms with van der Waals surface area (Å²) < 4.78 is 14.2. The van der Waals surface area contributed by atoms with Crippen LogP contribution in [0.25, 0.3) is 0 Å². The maximum absolute atomic E-state index is 14.2. The third-order valence-electron chi connectivity index (χ3n) is 5.86. The molecule has 0 aliphatic carbocycles. The molecule has 5 rings (SSSR count). The van der Waals surface area contributed by atoms with Gasteiger partial charge in [0.25, 0.3) is 0 Å². The first-order valence-electron chi connectivity index (χ1n) is 10.2. The standard InChI is InChI=1S/C25H19ClFN3O2/c1-30-22-11-16(5-4-15(22)12-23(30)31)24-19-13-18(27)8-9-20(19)29-25(32)21(28-24)10-14-2-6-17(26)7-3-14/h2-9,11,13,21H,10,12H2,1H3,(H,29,32). The lowest BCUT2D eigenvalue weighted by Crippen LogP contribution is -2.27. The summed E-state index contributed by atoms with van der Waals surface area (Å²) in [5.74, 6) is -0.671. The number of hydrogen-bond donors (Lipinski definition) is 1. The number of hydrogen-bond acceptors (Lipinski definition) is 3. The van der Waals surface area contributed by atoms with E-state index in [-0.39, 0.29) is 11.8 Å². The zero-order valence-corrected chi connectivity index (χ0v) is 18.0. The van der Waals surface area contributed by atoms with Gasteiger partial charge in [-0.25, -0.2) is 4.39 Å². The SMILES string of the molecule is CN1C(=O)Cc2ccc(C3=NC(Cc4ccc(Cl)cc4)C(=O)Nc4ccc(F)cc43)cc21. The molecular formula is C25H19ClFN3O2. The number of benzodiazepines with no additional fused rings is 1. The third-order valence-corrected chi connectivity index (χ3v) is 6.11. The summed E-state index contributed by atoms with van der Waals surface area (Å²) in [6.45, 7) is 0. The predicted octanol–water partition coefficient (Wildman–Crippen LogP) is 4.40. The minimum absolute atomic E-state index is 0.0175. The van der Waals surface area contributed by atoms with Gasteiger partial charge in [0, 0.05) is 35.3 Å². The molecule has 2 aliphatic heterocycles. The number of nitrogens with one attached hydrogen (secondary N) is 1. The Morgan fingerprint density at radius 1 is 1.09 bits per heavy atom. The number of nitrogens with zero attached hydrogens (tertiary/aromatic N) is 2. The van der Waals surface area contributed by atoms with Crippen LogP contribution in [-0.2, 0) is 22.4 Å². The van der Waals surface area contributed by atoms with Crippen LogP contribution in [0, 0.1) is 5.82 Å². The molecule has 0 saturated heterocycles. The van der Waals surface area contributed by atoms with E-state index >= 15 is 0 Å². The van der Waals surface area contributed by atoms with Gasteiger partial charge >= 0.3 is 0 Å². The second-order valence-electron chi connectivity index (χ2n) is 7.98. The van der Waals surface area contributed by atoms with Crippen LogP contribution in [0.5, 0.6) is 0 Å². The Balaban J connectivity index is 1.63. The van der Waals surface area contributed by atoms with E-state index in [0.29, 0.717) is 34.8 Å². The molecule has 2 aliphatic rings. The minimum Gasteiger partial charge on any atom is -0.324 e. The molecule has 0 spiro atoms. The van der Waals surface area contributed by atoms with E-state index in [9.17, 15) is 14.0 Å². The van der Waals surface area contributed by atoms with Gasteiger partial charge in [0.15, 0.2) is 0 Å². The number of benzene rings is 3. The molecule has 1 atom stereocenters. The van der Waals surface area contributed by atoms with Crippen LogP contribution in [-0.4, -0.2) is 30.6 Å². The summed E-state index contributed by atoms with van der Waals surface area (Å²) in [5, 5.41) is 3.50. The Morgan fingerprint density at radius 2 is 1.88 bits per heavy atom. The lowest BCUT2D eigenvalue weighted by atomic mass is 9.98. The first-order chi connectivity index (χ1) is 15.4. The minimum atomic E-state index is -0.714. The van der Waals surface area contributed by atoms with Gasteiger partial charge < -0.3 is 10.2 Å². The zero-order chi connectivity index (χ0) is 22.4. The van der Waals surface area contributed by atoms with Crippen molar-refractivity contribution in [1.82, 2.24) is 0 Å². The van der Waals surface area contributed by atoms with Gasteiger partial charge in [-0.05, 0) is 47.5 Å². The van der Waals surface area contributed by atoms with Crippen molar-refractivity contribution in [3.63, 3.8) is 0 Å². The van der Waals surface area contributed by atoms with Gasteiger partial charge in [-0.3, -0.25) is 14.6 Å². The van der Waals surface area contributed by atoms with E-state index in [1.54, 1.807) is 30.1 Å². The van der Waals surface area contributed by atoms with Gasteiger partial charge in [0.2, 0.25) is 11.8 Å². The van der Waals surface area contributed by atoms with Gasteiger partial charge in [-0.15, -0.1) is 0 Å². The highest BCUT2D eigenvalue weighted by atomic mass is 35.5. The van der Waals surface area contributed by atoms with Gasteiger partial charge in [0.1, 0.15) is 11.9 Å². The van der Waals surface area contributed by atoms with E-state index in [0.717, 1.165) is 22.4 Å². The maximum Gasteiger partial charge on any atom is 0.249 e. The molecule has 32 heavy (non-hydrogen) atoms. The Hall–Kier alpha value is -3.51. The van der Waals surface area contributed by atoms with Crippen molar-refractivity contribution in [2.24, 2.45) is 4.99 Å². The second-order valence-corrected chi connectivity index (χ2v) is 8.41. The highest BCUT2D eigenvalue weighted by Gasteiger charge is 2.29. The molecule has 0 radical (unpaired) electrons. The molecule has 160 valence electrons. The van der Waals surface area contributed by atoms with Crippen molar-refractivity contribution < 1.29 is 14.0 Å². The molecule has 3 aromatic carbocycles. The predicted molar refractivity (Wildman–Crippen MR) is 123 cm³/mol. The summed E-state index contributed by atoms with van der Waals surface area (Å²) >= 11 is 5.99. The van der Waals surface area contributed by atoms with Crippen LogP contribution in [0.3, 0.4) is 0 Å². The van der Waals surface area contributed by atoms with Crippen LogP contribution >= 0.6 is 11.6 Å². The molecule has 3 aromatic rings. The molecule has 5 nitrogen and oxygen atoms in total.